The molecule has 0 amide bonds. The third kappa shape index (κ3) is 2.76. The van der Waals surface area contributed by atoms with Crippen LogP contribution in [0.3, 0.4) is 0 Å². The van der Waals surface area contributed by atoms with Gasteiger partial charge in [-0.1, -0.05) is 17.7 Å². The molecule has 2 N–H and O–H groups in total. The van der Waals surface area contributed by atoms with Crippen molar-refractivity contribution in [1.82, 2.24) is 9.97 Å². The van der Waals surface area contributed by atoms with Gasteiger partial charge in [-0.3, -0.25) is 4.98 Å². The number of rotatable bonds is 5. The molecule has 1 aliphatic rings. The van der Waals surface area contributed by atoms with Gasteiger partial charge in [0.05, 0.1) is 12.8 Å². The highest BCUT2D eigenvalue weighted by Gasteiger charge is 2.42. The molecule has 0 aromatic carbocycles. The van der Waals surface area contributed by atoms with E-state index in [4.69, 9.17) is 22.1 Å². The van der Waals surface area contributed by atoms with Crippen molar-refractivity contribution < 1.29 is 4.74 Å². The molecule has 2 heterocycles. The Morgan fingerprint density at radius 2 is 2.20 bits per heavy atom. The molecular weight excluding hydrogens is 274 g/mol. The second kappa shape index (κ2) is 5.38. The lowest BCUT2D eigenvalue weighted by molar-refractivity contribution is 0.238. The number of pyridine rings is 2. The molecule has 2 aromatic rings. The number of aromatic nitrogens is 2. The Labute approximate surface area is 123 Å². The van der Waals surface area contributed by atoms with E-state index >= 15 is 0 Å². The summed E-state index contributed by atoms with van der Waals surface area (Å²) in [7, 11) is 0. The molecule has 3 rings (SSSR count). The molecule has 0 saturated heterocycles. The molecule has 1 saturated carbocycles. The molecule has 0 spiro atoms. The fourth-order valence-corrected chi connectivity index (χ4v) is 2.27. The lowest BCUT2D eigenvalue weighted by Crippen LogP contribution is -2.22. The standard InChI is InChI=1S/C15H16ClN3O/c16-14-13(11-2-1-5-18-7-11)6-12(8-19-14)20-10-15(9-17)3-4-15/h1-2,5-8H,3-4,9-10,17H2. The smallest absolute Gasteiger partial charge is 0.138 e. The SMILES string of the molecule is NCC1(COc2cnc(Cl)c(-c3cccnc3)c2)CC1. The van der Waals surface area contributed by atoms with Gasteiger partial charge in [-0.25, -0.2) is 4.98 Å². The Hall–Kier alpha value is -1.65. The Morgan fingerprint density at radius 1 is 1.35 bits per heavy atom. The van der Waals surface area contributed by atoms with E-state index < -0.39 is 0 Å². The third-order valence-electron chi connectivity index (χ3n) is 3.72. The summed E-state index contributed by atoms with van der Waals surface area (Å²) >= 11 is 6.15. The normalized spacial score (nSPS) is 15.9. The number of halogens is 1. The van der Waals surface area contributed by atoms with Crippen LogP contribution in [0.25, 0.3) is 11.1 Å². The van der Waals surface area contributed by atoms with Gasteiger partial charge in [-0.15, -0.1) is 0 Å². The summed E-state index contributed by atoms with van der Waals surface area (Å²) in [6, 6.07) is 5.72. The summed E-state index contributed by atoms with van der Waals surface area (Å²) in [5.41, 5.74) is 7.68. The quantitative estimate of drug-likeness (QED) is 0.860. The molecule has 0 radical (unpaired) electrons. The first kappa shape index (κ1) is 13.3. The van der Waals surface area contributed by atoms with E-state index in [1.807, 2.05) is 18.2 Å². The highest BCUT2D eigenvalue weighted by atomic mass is 35.5. The molecule has 104 valence electrons. The maximum Gasteiger partial charge on any atom is 0.138 e. The van der Waals surface area contributed by atoms with E-state index in [1.165, 1.54) is 0 Å². The van der Waals surface area contributed by atoms with Crippen molar-refractivity contribution >= 4 is 11.6 Å². The highest BCUT2D eigenvalue weighted by molar-refractivity contribution is 6.32. The summed E-state index contributed by atoms with van der Waals surface area (Å²) in [6.07, 6.45) is 7.41. The maximum atomic E-state index is 6.15. The average Bonchev–Trinajstić information content (AvgIpc) is 3.28. The fraction of sp³-hybridized carbons (Fsp3) is 0.333. The van der Waals surface area contributed by atoms with E-state index in [1.54, 1.807) is 18.6 Å². The zero-order chi connectivity index (χ0) is 14.0. The largest absolute Gasteiger partial charge is 0.491 e. The Balaban J connectivity index is 1.80. The molecular formula is C15H16ClN3O. The summed E-state index contributed by atoms with van der Waals surface area (Å²) in [4.78, 5) is 8.28. The topological polar surface area (TPSA) is 61.0 Å². The maximum absolute atomic E-state index is 6.15. The van der Waals surface area contributed by atoms with E-state index in [-0.39, 0.29) is 5.41 Å². The second-order valence-corrected chi connectivity index (χ2v) is 5.60. The lowest BCUT2D eigenvalue weighted by Gasteiger charge is -2.14. The van der Waals surface area contributed by atoms with Crippen molar-refractivity contribution in [3.63, 3.8) is 0 Å². The van der Waals surface area contributed by atoms with Crippen LogP contribution in [0.2, 0.25) is 5.15 Å². The molecule has 1 aliphatic carbocycles. The van der Waals surface area contributed by atoms with Crippen LogP contribution >= 0.6 is 11.6 Å². The summed E-state index contributed by atoms with van der Waals surface area (Å²) in [5, 5.41) is 0.449. The summed E-state index contributed by atoms with van der Waals surface area (Å²) in [6.45, 7) is 1.31. The van der Waals surface area contributed by atoms with Gasteiger partial charge in [0.15, 0.2) is 0 Å². The van der Waals surface area contributed by atoms with Crippen molar-refractivity contribution in [3.05, 3.63) is 41.9 Å². The van der Waals surface area contributed by atoms with Crippen LogP contribution in [-0.4, -0.2) is 23.1 Å². The number of ether oxygens (including phenoxy) is 1. The minimum Gasteiger partial charge on any atom is -0.491 e. The van der Waals surface area contributed by atoms with Gasteiger partial charge in [0, 0.05) is 35.5 Å². The molecule has 0 aliphatic heterocycles. The first-order valence-corrected chi connectivity index (χ1v) is 6.99. The predicted octanol–water partition coefficient (Wildman–Crippen LogP) is 2.91. The highest BCUT2D eigenvalue weighted by Crippen LogP contribution is 2.44. The van der Waals surface area contributed by atoms with Gasteiger partial charge >= 0.3 is 0 Å². The monoisotopic (exact) mass is 289 g/mol. The minimum absolute atomic E-state index is 0.175. The Kier molecular flexibility index (Phi) is 3.59. The van der Waals surface area contributed by atoms with Crippen LogP contribution in [0.1, 0.15) is 12.8 Å². The minimum atomic E-state index is 0.175. The number of nitrogens with two attached hydrogens (primary N) is 1. The molecule has 1 fully saturated rings. The molecule has 0 unspecified atom stereocenters. The first-order valence-electron chi connectivity index (χ1n) is 6.61. The Bertz CT molecular complexity index is 599. The third-order valence-corrected chi connectivity index (χ3v) is 4.02. The van der Waals surface area contributed by atoms with Gasteiger partial charge in [-0.2, -0.15) is 0 Å². The molecule has 4 nitrogen and oxygen atoms in total. The molecule has 0 bridgehead atoms. The van der Waals surface area contributed by atoms with Crippen LogP contribution in [0, 0.1) is 5.41 Å². The molecule has 5 heteroatoms. The van der Waals surface area contributed by atoms with Gasteiger partial charge < -0.3 is 10.5 Å². The summed E-state index contributed by atoms with van der Waals surface area (Å²) < 4.78 is 5.82. The zero-order valence-corrected chi connectivity index (χ0v) is 11.8. The predicted molar refractivity (Wildman–Crippen MR) is 78.7 cm³/mol. The summed E-state index contributed by atoms with van der Waals surface area (Å²) in [5.74, 6) is 0.716. The van der Waals surface area contributed by atoms with Crippen LogP contribution in [-0.2, 0) is 0 Å². The van der Waals surface area contributed by atoms with Crippen molar-refractivity contribution in [1.29, 1.82) is 0 Å². The van der Waals surface area contributed by atoms with Crippen LogP contribution in [0.5, 0.6) is 5.75 Å². The van der Waals surface area contributed by atoms with Crippen molar-refractivity contribution in [2.24, 2.45) is 11.1 Å². The number of nitrogens with zero attached hydrogens (tertiary/aromatic N) is 2. The zero-order valence-electron chi connectivity index (χ0n) is 11.1. The molecule has 20 heavy (non-hydrogen) atoms. The van der Waals surface area contributed by atoms with Crippen LogP contribution < -0.4 is 10.5 Å². The van der Waals surface area contributed by atoms with Crippen molar-refractivity contribution in [2.45, 2.75) is 12.8 Å². The van der Waals surface area contributed by atoms with Gasteiger partial charge in [0.1, 0.15) is 10.9 Å². The van der Waals surface area contributed by atoms with Crippen molar-refractivity contribution in [3.8, 4) is 16.9 Å². The number of hydrogen-bond acceptors (Lipinski definition) is 4. The van der Waals surface area contributed by atoms with E-state index in [9.17, 15) is 0 Å². The van der Waals surface area contributed by atoms with Crippen molar-refractivity contribution in [2.75, 3.05) is 13.2 Å². The number of hydrogen-bond donors (Lipinski definition) is 1. The average molecular weight is 290 g/mol. The van der Waals surface area contributed by atoms with E-state index in [0.717, 1.165) is 24.0 Å². The fourth-order valence-electron chi connectivity index (χ4n) is 2.05. The van der Waals surface area contributed by atoms with Gasteiger partial charge in [0.25, 0.3) is 0 Å². The van der Waals surface area contributed by atoms with E-state index in [2.05, 4.69) is 9.97 Å². The first-order chi connectivity index (χ1) is 9.72. The second-order valence-electron chi connectivity index (χ2n) is 5.24. The molecule has 0 atom stereocenters. The lowest BCUT2D eigenvalue weighted by atomic mass is 10.1. The van der Waals surface area contributed by atoms with Crippen LogP contribution in [0.15, 0.2) is 36.8 Å². The Morgan fingerprint density at radius 3 is 2.85 bits per heavy atom. The van der Waals surface area contributed by atoms with Gasteiger partial charge in [0.2, 0.25) is 0 Å². The van der Waals surface area contributed by atoms with E-state index in [0.29, 0.717) is 24.1 Å². The van der Waals surface area contributed by atoms with Crippen LogP contribution in [0.4, 0.5) is 0 Å². The molecule has 2 aromatic heterocycles. The van der Waals surface area contributed by atoms with Gasteiger partial charge in [-0.05, 0) is 25.0 Å².